The maximum Gasteiger partial charge on any atom is 0.160 e. The minimum atomic E-state index is 0.731. The summed E-state index contributed by atoms with van der Waals surface area (Å²) >= 11 is 0. The van der Waals surface area contributed by atoms with Crippen LogP contribution >= 0.6 is 0 Å². The van der Waals surface area contributed by atoms with Gasteiger partial charge in [0.1, 0.15) is 0 Å². The van der Waals surface area contributed by atoms with Crippen LogP contribution in [-0.4, -0.2) is 14.5 Å². The van der Waals surface area contributed by atoms with Crippen molar-refractivity contribution >= 4 is 55.9 Å². The van der Waals surface area contributed by atoms with Gasteiger partial charge in [-0.05, 0) is 175 Å². The minimum Gasteiger partial charge on any atom is -0.310 e. The number of nitrogens with zero attached hydrogens (tertiary/aromatic N) is 5. The van der Waals surface area contributed by atoms with Gasteiger partial charge in [0, 0.05) is 67.3 Å². The second kappa shape index (κ2) is 20.8. The van der Waals surface area contributed by atoms with Gasteiger partial charge in [-0.2, -0.15) is 0 Å². The first kappa shape index (κ1) is 48.5. The van der Waals surface area contributed by atoms with E-state index in [9.17, 15) is 0 Å². The second-order valence-electron chi connectivity index (χ2n) is 20.5. The summed E-state index contributed by atoms with van der Waals surface area (Å²) in [5, 5.41) is 2.35. The third kappa shape index (κ3) is 9.32. The molecular weight excluding hydrogens is 959 g/mol. The van der Waals surface area contributed by atoms with Crippen LogP contribution in [0.1, 0.15) is 22.3 Å². The topological polar surface area (TPSA) is 37.2 Å². The number of aryl methyl sites for hydroxylation is 4. The second-order valence-corrected chi connectivity index (χ2v) is 20.5. The highest BCUT2D eigenvalue weighted by atomic mass is 15.1. The molecule has 2 heterocycles. The van der Waals surface area contributed by atoms with Crippen LogP contribution in [0.4, 0.5) is 34.1 Å². The standard InChI is InChI=1S/C74H57N5/c1-50-21-17-19-31-64(50)70-49-69(75-74(76-70)65-32-20-18-22-51(65)2)57-39-35-55(36-40-57)54-33-37-56(38-34-54)66-45-53(4)73(46-52(66)3)79-71-43-41-62(77(58-23-9-5-10-24-58)59-25-11-6-12-26-59)47-67(71)68-48-63(42-44-72(68)79)78(60-27-13-7-14-28-60)61-29-15-8-16-30-61/h5-49H,1-4H3. The largest absolute Gasteiger partial charge is 0.310 e. The smallest absolute Gasteiger partial charge is 0.160 e. The number of fused-ring (bicyclic) bond motifs is 3. The van der Waals surface area contributed by atoms with Gasteiger partial charge in [0.25, 0.3) is 0 Å². The molecule has 0 spiro atoms. The van der Waals surface area contributed by atoms with Crippen LogP contribution in [0, 0.1) is 27.7 Å². The van der Waals surface area contributed by atoms with Crippen LogP contribution in [0.15, 0.2) is 273 Å². The van der Waals surface area contributed by atoms with Gasteiger partial charge in [0.2, 0.25) is 0 Å². The lowest BCUT2D eigenvalue weighted by molar-refractivity contribution is 1.14. The molecule has 0 unspecified atom stereocenters. The van der Waals surface area contributed by atoms with E-state index in [0.29, 0.717) is 0 Å². The van der Waals surface area contributed by atoms with Gasteiger partial charge >= 0.3 is 0 Å². The number of aromatic nitrogens is 3. The molecule has 0 saturated heterocycles. The maximum atomic E-state index is 5.15. The van der Waals surface area contributed by atoms with Gasteiger partial charge in [-0.3, -0.25) is 0 Å². The van der Waals surface area contributed by atoms with Gasteiger partial charge in [0.05, 0.1) is 22.4 Å². The lowest BCUT2D eigenvalue weighted by atomic mass is 9.95. The van der Waals surface area contributed by atoms with E-state index in [1.807, 2.05) is 0 Å². The molecule has 0 fully saturated rings. The molecule has 5 nitrogen and oxygen atoms in total. The third-order valence-electron chi connectivity index (χ3n) is 15.3. The molecule has 0 amide bonds. The predicted molar refractivity (Wildman–Crippen MR) is 332 cm³/mol. The van der Waals surface area contributed by atoms with E-state index in [4.69, 9.17) is 9.97 Å². The molecule has 79 heavy (non-hydrogen) atoms. The molecule has 13 rings (SSSR count). The molecule has 0 radical (unpaired) electrons. The molecular formula is C74H57N5. The van der Waals surface area contributed by atoms with Crippen LogP contribution in [0.5, 0.6) is 0 Å². The molecule has 11 aromatic carbocycles. The quantitative estimate of drug-likeness (QED) is 0.122. The van der Waals surface area contributed by atoms with Gasteiger partial charge in [-0.15, -0.1) is 0 Å². The minimum absolute atomic E-state index is 0.731. The fraction of sp³-hybridized carbons (Fsp3) is 0.0541. The highest BCUT2D eigenvalue weighted by molar-refractivity contribution is 6.12. The molecule has 0 N–H and O–H groups in total. The fourth-order valence-corrected chi connectivity index (χ4v) is 11.3. The number of anilines is 6. The average Bonchev–Trinajstić information content (AvgIpc) is 3.99. The van der Waals surface area contributed by atoms with Crippen molar-refractivity contribution in [2.75, 3.05) is 9.80 Å². The molecule has 0 aliphatic carbocycles. The van der Waals surface area contributed by atoms with Crippen molar-refractivity contribution < 1.29 is 0 Å². The van der Waals surface area contributed by atoms with E-state index in [1.165, 1.54) is 38.6 Å². The molecule has 0 atom stereocenters. The molecule has 0 saturated carbocycles. The van der Waals surface area contributed by atoms with Crippen molar-refractivity contribution in [3.05, 3.63) is 295 Å². The Balaban J connectivity index is 0.870. The number of rotatable bonds is 12. The molecule has 378 valence electrons. The van der Waals surface area contributed by atoms with Crippen molar-refractivity contribution in [1.82, 2.24) is 14.5 Å². The van der Waals surface area contributed by atoms with Gasteiger partial charge < -0.3 is 14.4 Å². The van der Waals surface area contributed by atoms with Crippen molar-refractivity contribution in [3.63, 3.8) is 0 Å². The van der Waals surface area contributed by atoms with Crippen LogP contribution in [0.25, 0.3) is 83.6 Å². The van der Waals surface area contributed by atoms with Crippen molar-refractivity contribution in [3.8, 4) is 61.8 Å². The molecule has 0 aliphatic rings. The summed E-state index contributed by atoms with van der Waals surface area (Å²) in [6.45, 7) is 8.75. The summed E-state index contributed by atoms with van der Waals surface area (Å²) in [7, 11) is 0. The molecule has 0 aliphatic heterocycles. The Bertz CT molecular complexity index is 4040. The third-order valence-corrected chi connectivity index (χ3v) is 15.3. The van der Waals surface area contributed by atoms with Gasteiger partial charge in [0.15, 0.2) is 5.82 Å². The Morgan fingerprint density at radius 1 is 0.278 bits per heavy atom. The summed E-state index contributed by atoms with van der Waals surface area (Å²) < 4.78 is 2.47. The summed E-state index contributed by atoms with van der Waals surface area (Å²) in [5.41, 5.74) is 24.5. The van der Waals surface area contributed by atoms with Crippen LogP contribution in [0.2, 0.25) is 0 Å². The average molecular weight is 1020 g/mol. The summed E-state index contributed by atoms with van der Waals surface area (Å²) in [6.07, 6.45) is 0. The maximum absolute atomic E-state index is 5.15. The summed E-state index contributed by atoms with van der Waals surface area (Å²) in [4.78, 5) is 15.0. The highest BCUT2D eigenvalue weighted by Crippen LogP contribution is 2.44. The normalized spacial score (nSPS) is 11.3. The molecule has 13 aromatic rings. The predicted octanol–water partition coefficient (Wildman–Crippen LogP) is 20.1. The van der Waals surface area contributed by atoms with Crippen LogP contribution < -0.4 is 9.80 Å². The fourth-order valence-electron chi connectivity index (χ4n) is 11.3. The number of benzene rings is 11. The van der Waals surface area contributed by atoms with E-state index in [-0.39, 0.29) is 0 Å². The Morgan fingerprint density at radius 2 is 0.684 bits per heavy atom. The van der Waals surface area contributed by atoms with E-state index >= 15 is 0 Å². The van der Waals surface area contributed by atoms with Crippen LogP contribution in [-0.2, 0) is 0 Å². The monoisotopic (exact) mass is 1020 g/mol. The van der Waals surface area contributed by atoms with Gasteiger partial charge in [-0.1, -0.05) is 170 Å². The van der Waals surface area contributed by atoms with Crippen LogP contribution in [0.3, 0.4) is 0 Å². The summed E-state index contributed by atoms with van der Waals surface area (Å²) in [5.74, 6) is 0.731. The van der Waals surface area contributed by atoms with E-state index < -0.39 is 0 Å². The lowest BCUT2D eigenvalue weighted by Crippen LogP contribution is -2.09. The molecule has 2 aromatic heterocycles. The van der Waals surface area contributed by atoms with Crippen molar-refractivity contribution in [1.29, 1.82) is 0 Å². The molecule has 5 heteroatoms. The lowest BCUT2D eigenvalue weighted by Gasteiger charge is -2.26. The SMILES string of the molecule is Cc1cc(-n2c3ccc(N(c4ccccc4)c4ccccc4)cc3c3cc(N(c4ccccc4)c4ccccc4)ccc32)c(C)cc1-c1ccc(-c2ccc(-c3cc(-c4ccccc4C)nc(-c4ccccc4C)n3)cc2)cc1. The summed E-state index contributed by atoms with van der Waals surface area (Å²) in [6, 6.07) is 97.9. The Hall–Kier alpha value is -10.1. The Morgan fingerprint density at radius 3 is 1.15 bits per heavy atom. The number of para-hydroxylation sites is 4. The van der Waals surface area contributed by atoms with E-state index in [1.54, 1.807) is 0 Å². The first-order valence-corrected chi connectivity index (χ1v) is 27.1. The number of hydrogen-bond acceptors (Lipinski definition) is 4. The van der Waals surface area contributed by atoms with Crippen molar-refractivity contribution in [2.24, 2.45) is 0 Å². The first-order valence-electron chi connectivity index (χ1n) is 27.1. The van der Waals surface area contributed by atoms with E-state index in [2.05, 4.69) is 315 Å². The van der Waals surface area contributed by atoms with Gasteiger partial charge in [-0.25, -0.2) is 9.97 Å². The highest BCUT2D eigenvalue weighted by Gasteiger charge is 2.22. The Labute approximate surface area is 462 Å². The number of hydrogen-bond donors (Lipinski definition) is 0. The van der Waals surface area contributed by atoms with E-state index in [0.717, 1.165) is 101 Å². The Kier molecular flexibility index (Phi) is 12.8. The zero-order valence-electron chi connectivity index (χ0n) is 44.7. The first-order chi connectivity index (χ1) is 38.8. The zero-order valence-corrected chi connectivity index (χ0v) is 44.7. The zero-order chi connectivity index (χ0) is 53.4. The van der Waals surface area contributed by atoms with Crippen molar-refractivity contribution in [2.45, 2.75) is 27.7 Å². The molecule has 0 bridgehead atoms.